The number of benzene rings is 1. The van der Waals surface area contributed by atoms with Gasteiger partial charge in [0, 0.05) is 6.54 Å². The second-order valence-corrected chi connectivity index (χ2v) is 4.03. The molecule has 0 aromatic heterocycles. The van der Waals surface area contributed by atoms with Crippen LogP contribution in [0.25, 0.3) is 0 Å². The molecule has 19 heavy (non-hydrogen) atoms. The van der Waals surface area contributed by atoms with E-state index in [4.69, 9.17) is 9.47 Å². The van der Waals surface area contributed by atoms with E-state index in [2.05, 4.69) is 5.32 Å². The van der Waals surface area contributed by atoms with Crippen molar-refractivity contribution in [2.45, 2.75) is 12.6 Å². The molecule has 1 aromatic rings. The Labute approximate surface area is 107 Å². The lowest BCUT2D eigenvalue weighted by Gasteiger charge is -2.22. The Balaban J connectivity index is 1.93. The zero-order chi connectivity index (χ0) is 13.8. The standard InChI is InChI=1S/C12H12F3NO3/c13-8-3-7(4-9(14)11(8)15)5-16-12(17)10-6-18-1-2-19-10/h3-4,10H,1-2,5-6H2,(H,16,17). The molecule has 0 aliphatic carbocycles. The van der Waals surface area contributed by atoms with Crippen molar-refractivity contribution in [3.05, 3.63) is 35.1 Å². The van der Waals surface area contributed by atoms with Crippen LogP contribution >= 0.6 is 0 Å². The zero-order valence-corrected chi connectivity index (χ0v) is 9.92. The third-order valence-corrected chi connectivity index (χ3v) is 2.62. The normalized spacial score (nSPS) is 19.2. The quantitative estimate of drug-likeness (QED) is 0.841. The van der Waals surface area contributed by atoms with Gasteiger partial charge in [-0.05, 0) is 17.7 Å². The molecule has 104 valence electrons. The lowest BCUT2D eigenvalue weighted by atomic mass is 10.2. The maximum absolute atomic E-state index is 12.9. The van der Waals surface area contributed by atoms with Crippen molar-refractivity contribution < 1.29 is 27.4 Å². The number of rotatable bonds is 3. The van der Waals surface area contributed by atoms with Crippen LogP contribution < -0.4 is 5.32 Å². The average Bonchev–Trinajstić information content (AvgIpc) is 2.43. The van der Waals surface area contributed by atoms with Crippen LogP contribution in [-0.2, 0) is 20.8 Å². The largest absolute Gasteiger partial charge is 0.376 e. The van der Waals surface area contributed by atoms with Gasteiger partial charge in [0.1, 0.15) is 0 Å². The van der Waals surface area contributed by atoms with Gasteiger partial charge in [0.2, 0.25) is 0 Å². The monoisotopic (exact) mass is 275 g/mol. The van der Waals surface area contributed by atoms with Crippen molar-refractivity contribution in [1.29, 1.82) is 0 Å². The fourth-order valence-electron chi connectivity index (χ4n) is 1.65. The van der Waals surface area contributed by atoms with Crippen molar-refractivity contribution >= 4 is 5.91 Å². The summed E-state index contributed by atoms with van der Waals surface area (Å²) in [5.74, 6) is -4.55. The van der Waals surface area contributed by atoms with Crippen LogP contribution in [-0.4, -0.2) is 31.8 Å². The van der Waals surface area contributed by atoms with Crippen molar-refractivity contribution in [2.75, 3.05) is 19.8 Å². The van der Waals surface area contributed by atoms with E-state index in [1.807, 2.05) is 0 Å². The number of ether oxygens (including phenoxy) is 2. The van der Waals surface area contributed by atoms with Crippen LogP contribution in [0.2, 0.25) is 0 Å². The smallest absolute Gasteiger partial charge is 0.251 e. The van der Waals surface area contributed by atoms with Crippen LogP contribution in [0.4, 0.5) is 13.2 Å². The predicted octanol–water partition coefficient (Wildman–Crippen LogP) is 1.14. The Kier molecular flexibility index (Phi) is 4.39. The van der Waals surface area contributed by atoms with E-state index >= 15 is 0 Å². The summed E-state index contributed by atoms with van der Waals surface area (Å²) in [5.41, 5.74) is 0.126. The predicted molar refractivity (Wildman–Crippen MR) is 58.7 cm³/mol. The molecule has 0 radical (unpaired) electrons. The summed E-state index contributed by atoms with van der Waals surface area (Å²) in [4.78, 5) is 11.6. The molecule has 0 saturated carbocycles. The third kappa shape index (κ3) is 3.45. The molecule has 1 aliphatic rings. The summed E-state index contributed by atoms with van der Waals surface area (Å²) >= 11 is 0. The Hall–Kier alpha value is -1.60. The fraction of sp³-hybridized carbons (Fsp3) is 0.417. The topological polar surface area (TPSA) is 47.6 Å². The van der Waals surface area contributed by atoms with Crippen molar-refractivity contribution in [2.24, 2.45) is 0 Å². The number of halogens is 3. The minimum Gasteiger partial charge on any atom is -0.376 e. The highest BCUT2D eigenvalue weighted by Gasteiger charge is 2.22. The SMILES string of the molecule is O=C(NCc1cc(F)c(F)c(F)c1)C1COCCO1. The Bertz CT molecular complexity index is 452. The van der Waals surface area contributed by atoms with Gasteiger partial charge >= 0.3 is 0 Å². The number of hydrogen-bond acceptors (Lipinski definition) is 3. The highest BCUT2D eigenvalue weighted by molar-refractivity contribution is 5.80. The van der Waals surface area contributed by atoms with Gasteiger partial charge in [-0.3, -0.25) is 4.79 Å². The molecule has 1 atom stereocenters. The van der Waals surface area contributed by atoms with Gasteiger partial charge in [0.15, 0.2) is 23.6 Å². The summed E-state index contributed by atoms with van der Waals surface area (Å²) < 4.78 is 48.8. The molecule has 1 aromatic carbocycles. The fourth-order valence-corrected chi connectivity index (χ4v) is 1.65. The molecule has 1 aliphatic heterocycles. The second-order valence-electron chi connectivity index (χ2n) is 4.03. The molecule has 0 spiro atoms. The molecular weight excluding hydrogens is 263 g/mol. The summed E-state index contributed by atoms with van der Waals surface area (Å²) in [6, 6.07) is 1.66. The van der Waals surface area contributed by atoms with Gasteiger partial charge in [-0.25, -0.2) is 13.2 Å². The van der Waals surface area contributed by atoms with E-state index in [0.717, 1.165) is 12.1 Å². The highest BCUT2D eigenvalue weighted by Crippen LogP contribution is 2.13. The maximum atomic E-state index is 12.9. The molecule has 4 nitrogen and oxygen atoms in total. The van der Waals surface area contributed by atoms with Crippen molar-refractivity contribution in [1.82, 2.24) is 5.32 Å². The maximum Gasteiger partial charge on any atom is 0.251 e. The van der Waals surface area contributed by atoms with E-state index < -0.39 is 29.5 Å². The summed E-state index contributed by atoms with van der Waals surface area (Å²) in [6.07, 6.45) is -0.733. The zero-order valence-electron chi connectivity index (χ0n) is 9.92. The van der Waals surface area contributed by atoms with Crippen LogP contribution in [0.15, 0.2) is 12.1 Å². The molecule has 1 heterocycles. The molecular formula is C12H12F3NO3. The summed E-state index contributed by atoms with van der Waals surface area (Å²) in [6.45, 7) is 0.765. The molecule has 1 saturated heterocycles. The van der Waals surface area contributed by atoms with Gasteiger partial charge < -0.3 is 14.8 Å². The number of nitrogens with one attached hydrogen (secondary N) is 1. The van der Waals surface area contributed by atoms with Gasteiger partial charge in [-0.15, -0.1) is 0 Å². The van der Waals surface area contributed by atoms with Gasteiger partial charge in [0.25, 0.3) is 5.91 Å². The van der Waals surface area contributed by atoms with E-state index in [-0.39, 0.29) is 18.7 Å². The van der Waals surface area contributed by atoms with Crippen molar-refractivity contribution in [3.63, 3.8) is 0 Å². The molecule has 7 heteroatoms. The van der Waals surface area contributed by atoms with Gasteiger partial charge in [0.05, 0.1) is 19.8 Å². The highest BCUT2D eigenvalue weighted by atomic mass is 19.2. The molecule has 2 rings (SSSR count). The lowest BCUT2D eigenvalue weighted by Crippen LogP contribution is -2.42. The first kappa shape index (κ1) is 13.8. The number of amides is 1. The molecule has 1 fully saturated rings. The van der Waals surface area contributed by atoms with Gasteiger partial charge in [-0.1, -0.05) is 0 Å². The van der Waals surface area contributed by atoms with Crippen LogP contribution in [0.5, 0.6) is 0 Å². The first-order valence-electron chi connectivity index (χ1n) is 5.68. The van der Waals surface area contributed by atoms with E-state index in [1.165, 1.54) is 0 Å². The minimum atomic E-state index is -1.53. The number of carbonyl (C=O) groups is 1. The lowest BCUT2D eigenvalue weighted by molar-refractivity contribution is -0.147. The number of hydrogen-bond donors (Lipinski definition) is 1. The van der Waals surface area contributed by atoms with Gasteiger partial charge in [-0.2, -0.15) is 0 Å². The Morgan fingerprint density at radius 2 is 1.95 bits per heavy atom. The summed E-state index contributed by atoms with van der Waals surface area (Å²) in [7, 11) is 0. The minimum absolute atomic E-state index is 0.118. The third-order valence-electron chi connectivity index (χ3n) is 2.62. The van der Waals surface area contributed by atoms with E-state index in [0.29, 0.717) is 13.2 Å². The Morgan fingerprint density at radius 3 is 2.53 bits per heavy atom. The van der Waals surface area contributed by atoms with Crippen molar-refractivity contribution in [3.8, 4) is 0 Å². The number of carbonyl (C=O) groups excluding carboxylic acids is 1. The molecule has 0 bridgehead atoms. The molecule has 1 N–H and O–H groups in total. The summed E-state index contributed by atoms with van der Waals surface area (Å²) in [5, 5.41) is 2.44. The van der Waals surface area contributed by atoms with Crippen LogP contribution in [0.1, 0.15) is 5.56 Å². The first-order chi connectivity index (χ1) is 9.08. The first-order valence-corrected chi connectivity index (χ1v) is 5.68. The van der Waals surface area contributed by atoms with E-state index in [9.17, 15) is 18.0 Å². The second kappa shape index (κ2) is 6.03. The van der Waals surface area contributed by atoms with Crippen LogP contribution in [0.3, 0.4) is 0 Å². The molecule has 1 unspecified atom stereocenters. The van der Waals surface area contributed by atoms with Crippen LogP contribution in [0, 0.1) is 17.5 Å². The molecule has 1 amide bonds. The van der Waals surface area contributed by atoms with E-state index in [1.54, 1.807) is 0 Å². The Morgan fingerprint density at radius 1 is 1.26 bits per heavy atom. The average molecular weight is 275 g/mol.